The quantitative estimate of drug-likeness (QED) is 0.635. The van der Waals surface area contributed by atoms with Gasteiger partial charge in [0.2, 0.25) is 5.91 Å². The Morgan fingerprint density at radius 2 is 2.10 bits per heavy atom. The molecule has 31 heavy (non-hydrogen) atoms. The molecule has 162 valence electrons. The zero-order valence-corrected chi connectivity index (χ0v) is 17.5. The Bertz CT molecular complexity index is 1090. The van der Waals surface area contributed by atoms with Crippen LogP contribution in [0.1, 0.15) is 24.0 Å². The summed E-state index contributed by atoms with van der Waals surface area (Å²) >= 11 is 0. The molecule has 1 aliphatic heterocycles. The average Bonchev–Trinajstić information content (AvgIpc) is 3.14. The fourth-order valence-electron chi connectivity index (χ4n) is 4.04. The smallest absolute Gasteiger partial charge is 0.319 e. The SMILES string of the molecule is Cc1ccc2c(CC(=O)N3CCCC(CNC(=O)Nc4cccc(F)c4)C3)coc2c1. The Balaban J connectivity index is 1.29. The number of hydrogen-bond donors (Lipinski definition) is 2. The van der Waals surface area contributed by atoms with E-state index in [1.165, 1.54) is 12.1 Å². The van der Waals surface area contributed by atoms with Crippen LogP contribution >= 0.6 is 0 Å². The fourth-order valence-corrected chi connectivity index (χ4v) is 4.04. The van der Waals surface area contributed by atoms with Gasteiger partial charge in [-0.15, -0.1) is 0 Å². The van der Waals surface area contributed by atoms with Crippen LogP contribution in [-0.4, -0.2) is 36.5 Å². The third-order valence-corrected chi connectivity index (χ3v) is 5.66. The fraction of sp³-hybridized carbons (Fsp3) is 0.333. The molecule has 3 aromatic rings. The van der Waals surface area contributed by atoms with E-state index in [1.54, 1.807) is 18.4 Å². The van der Waals surface area contributed by atoms with Crippen molar-refractivity contribution >= 4 is 28.6 Å². The Kier molecular flexibility index (Phi) is 6.21. The number of aryl methyl sites for hydroxylation is 1. The predicted octanol–water partition coefficient (Wildman–Crippen LogP) is 4.48. The first kappa shape index (κ1) is 20.9. The normalized spacial score (nSPS) is 16.3. The molecule has 1 fully saturated rings. The molecule has 3 amide bonds. The third-order valence-electron chi connectivity index (χ3n) is 5.66. The van der Waals surface area contributed by atoms with E-state index in [0.29, 0.717) is 25.2 Å². The molecule has 1 atom stereocenters. The summed E-state index contributed by atoms with van der Waals surface area (Å²) < 4.78 is 18.8. The van der Waals surface area contributed by atoms with Crippen molar-refractivity contribution in [2.45, 2.75) is 26.2 Å². The van der Waals surface area contributed by atoms with Gasteiger partial charge in [0.05, 0.1) is 12.7 Å². The minimum atomic E-state index is -0.403. The molecule has 4 rings (SSSR count). The van der Waals surface area contributed by atoms with Crippen molar-refractivity contribution in [2.75, 3.05) is 25.0 Å². The Morgan fingerprint density at radius 1 is 1.23 bits per heavy atom. The molecule has 2 heterocycles. The van der Waals surface area contributed by atoms with E-state index in [-0.39, 0.29) is 17.9 Å². The van der Waals surface area contributed by atoms with Crippen molar-refractivity contribution < 1.29 is 18.4 Å². The molecule has 0 saturated carbocycles. The second-order valence-corrected chi connectivity index (χ2v) is 8.13. The first-order valence-corrected chi connectivity index (χ1v) is 10.5. The summed E-state index contributed by atoms with van der Waals surface area (Å²) in [6, 6.07) is 11.4. The van der Waals surface area contributed by atoms with Gasteiger partial charge in [0.1, 0.15) is 11.4 Å². The molecule has 0 aliphatic carbocycles. The molecule has 1 aromatic heterocycles. The Hall–Kier alpha value is -3.35. The lowest BCUT2D eigenvalue weighted by molar-refractivity contribution is -0.132. The zero-order valence-electron chi connectivity index (χ0n) is 17.5. The van der Waals surface area contributed by atoms with Crippen LogP contribution in [0.2, 0.25) is 0 Å². The van der Waals surface area contributed by atoms with Crippen molar-refractivity contribution in [2.24, 2.45) is 5.92 Å². The van der Waals surface area contributed by atoms with Crippen LogP contribution in [0.15, 0.2) is 53.1 Å². The van der Waals surface area contributed by atoms with Gasteiger partial charge in [0.25, 0.3) is 0 Å². The summed E-state index contributed by atoms with van der Waals surface area (Å²) in [4.78, 5) is 26.9. The van der Waals surface area contributed by atoms with Gasteiger partial charge in [-0.2, -0.15) is 0 Å². The molecule has 1 unspecified atom stereocenters. The number of nitrogens with zero attached hydrogens (tertiary/aromatic N) is 1. The van der Waals surface area contributed by atoms with Crippen LogP contribution in [0.4, 0.5) is 14.9 Å². The largest absolute Gasteiger partial charge is 0.464 e. The van der Waals surface area contributed by atoms with Crippen molar-refractivity contribution in [1.29, 1.82) is 0 Å². The number of fused-ring (bicyclic) bond motifs is 1. The van der Waals surface area contributed by atoms with E-state index in [0.717, 1.165) is 41.5 Å². The van der Waals surface area contributed by atoms with Crippen LogP contribution in [0.3, 0.4) is 0 Å². The topological polar surface area (TPSA) is 74.6 Å². The van der Waals surface area contributed by atoms with Gasteiger partial charge < -0.3 is 20.0 Å². The molecule has 0 bridgehead atoms. The lowest BCUT2D eigenvalue weighted by Crippen LogP contribution is -2.44. The van der Waals surface area contributed by atoms with E-state index >= 15 is 0 Å². The number of piperidine rings is 1. The molecule has 2 aromatic carbocycles. The maximum Gasteiger partial charge on any atom is 0.319 e. The first-order chi connectivity index (χ1) is 15.0. The Morgan fingerprint density at radius 3 is 2.94 bits per heavy atom. The van der Waals surface area contributed by atoms with Crippen LogP contribution in [-0.2, 0) is 11.2 Å². The summed E-state index contributed by atoms with van der Waals surface area (Å²) in [6.45, 7) is 3.79. The monoisotopic (exact) mass is 423 g/mol. The molecular weight excluding hydrogens is 397 g/mol. The number of rotatable bonds is 5. The van der Waals surface area contributed by atoms with Crippen molar-refractivity contribution in [3.63, 3.8) is 0 Å². The van der Waals surface area contributed by atoms with Crippen LogP contribution in [0.5, 0.6) is 0 Å². The summed E-state index contributed by atoms with van der Waals surface area (Å²) in [7, 11) is 0. The number of anilines is 1. The third kappa shape index (κ3) is 5.23. The number of carbonyl (C=O) groups excluding carboxylic acids is 2. The summed E-state index contributed by atoms with van der Waals surface area (Å²) in [5.41, 5.74) is 3.22. The van der Waals surface area contributed by atoms with E-state index < -0.39 is 5.82 Å². The first-order valence-electron chi connectivity index (χ1n) is 10.5. The van der Waals surface area contributed by atoms with E-state index in [4.69, 9.17) is 4.42 Å². The highest BCUT2D eigenvalue weighted by molar-refractivity contribution is 5.89. The number of benzene rings is 2. The molecule has 2 N–H and O–H groups in total. The molecule has 1 saturated heterocycles. The van der Waals surface area contributed by atoms with Crippen LogP contribution in [0, 0.1) is 18.7 Å². The highest BCUT2D eigenvalue weighted by Crippen LogP contribution is 2.24. The van der Waals surface area contributed by atoms with E-state index in [1.807, 2.05) is 30.0 Å². The maximum atomic E-state index is 13.2. The summed E-state index contributed by atoms with van der Waals surface area (Å²) in [5, 5.41) is 6.43. The molecule has 0 spiro atoms. The van der Waals surface area contributed by atoms with Crippen molar-refractivity contribution in [1.82, 2.24) is 10.2 Å². The summed E-state index contributed by atoms with van der Waals surface area (Å²) in [6.07, 6.45) is 3.81. The van der Waals surface area contributed by atoms with Crippen LogP contribution < -0.4 is 10.6 Å². The number of carbonyl (C=O) groups is 2. The van der Waals surface area contributed by atoms with Gasteiger partial charge in [0, 0.05) is 36.3 Å². The highest BCUT2D eigenvalue weighted by atomic mass is 19.1. The highest BCUT2D eigenvalue weighted by Gasteiger charge is 2.25. The number of amides is 3. The van der Waals surface area contributed by atoms with Gasteiger partial charge in [-0.25, -0.2) is 9.18 Å². The lowest BCUT2D eigenvalue weighted by Gasteiger charge is -2.33. The molecular formula is C24H26FN3O3. The lowest BCUT2D eigenvalue weighted by atomic mass is 9.97. The van der Waals surface area contributed by atoms with Gasteiger partial charge in [0.15, 0.2) is 0 Å². The van der Waals surface area contributed by atoms with Gasteiger partial charge >= 0.3 is 6.03 Å². The minimum Gasteiger partial charge on any atom is -0.464 e. The Labute approximate surface area is 180 Å². The second-order valence-electron chi connectivity index (χ2n) is 8.13. The number of likely N-dealkylation sites (tertiary alicyclic amines) is 1. The number of nitrogens with one attached hydrogen (secondary N) is 2. The molecule has 0 radical (unpaired) electrons. The number of halogens is 1. The van der Waals surface area contributed by atoms with Gasteiger partial charge in [-0.1, -0.05) is 18.2 Å². The predicted molar refractivity (Wildman–Crippen MR) is 117 cm³/mol. The minimum absolute atomic E-state index is 0.0668. The second kappa shape index (κ2) is 9.20. The maximum absolute atomic E-state index is 13.2. The van der Waals surface area contributed by atoms with E-state index in [2.05, 4.69) is 10.6 Å². The number of hydrogen-bond acceptors (Lipinski definition) is 3. The van der Waals surface area contributed by atoms with Gasteiger partial charge in [-0.05, 0) is 55.5 Å². The zero-order chi connectivity index (χ0) is 21.8. The molecule has 1 aliphatic rings. The number of furan rings is 1. The average molecular weight is 423 g/mol. The molecule has 6 nitrogen and oxygen atoms in total. The summed E-state index contributed by atoms with van der Waals surface area (Å²) in [5.74, 6) is -0.156. The molecule has 7 heteroatoms. The van der Waals surface area contributed by atoms with Crippen LogP contribution in [0.25, 0.3) is 11.0 Å². The van der Waals surface area contributed by atoms with Crippen molar-refractivity contribution in [3.8, 4) is 0 Å². The number of urea groups is 1. The van der Waals surface area contributed by atoms with Gasteiger partial charge in [-0.3, -0.25) is 4.79 Å². The van der Waals surface area contributed by atoms with Crippen molar-refractivity contribution in [3.05, 3.63) is 65.7 Å². The van der Waals surface area contributed by atoms with E-state index in [9.17, 15) is 14.0 Å². The standard InChI is InChI=1S/C24H26FN3O3/c1-16-7-8-21-18(15-31-22(21)10-16)11-23(29)28-9-3-4-17(14-28)13-26-24(30)27-20-6-2-5-19(25)12-20/h2,5-8,10,12,15,17H,3-4,9,11,13-14H2,1H3,(H2,26,27,30).